The summed E-state index contributed by atoms with van der Waals surface area (Å²) in [4.78, 5) is 6.57. The number of methoxy groups -OCH3 is 3. The Bertz CT molecular complexity index is 584. The Kier molecular flexibility index (Phi) is 13.0. The number of nitrogens with one attached hydrogen (secondary N) is 2. The van der Waals surface area contributed by atoms with Crippen LogP contribution >= 0.6 is 24.0 Å². The largest absolute Gasteiger partial charge is 0.493 e. The number of aliphatic imine (C=N–C) groups is 1. The number of halogens is 1. The van der Waals surface area contributed by atoms with E-state index in [0.29, 0.717) is 35.8 Å². The monoisotopic (exact) mass is 508 g/mol. The first-order valence-corrected chi connectivity index (χ1v) is 9.26. The zero-order chi connectivity index (χ0) is 20.4. The molecule has 1 aromatic carbocycles. The van der Waals surface area contributed by atoms with E-state index in [1.165, 1.54) is 0 Å². The first-order chi connectivity index (χ1) is 12.9. The van der Waals surface area contributed by atoms with E-state index < -0.39 is 0 Å². The van der Waals surface area contributed by atoms with Crippen LogP contribution in [0.2, 0.25) is 0 Å². The van der Waals surface area contributed by atoms with Crippen molar-refractivity contribution in [1.29, 1.82) is 0 Å². The van der Waals surface area contributed by atoms with Gasteiger partial charge in [-0.2, -0.15) is 0 Å². The SMILES string of the molecule is CN=C(NCc1cc(OC)c(OC)c(OC)c1)NCC(CC(C)C)N(C)C.I. The lowest BCUT2D eigenvalue weighted by molar-refractivity contribution is 0.254. The molecule has 0 aliphatic heterocycles. The lowest BCUT2D eigenvalue weighted by atomic mass is 10.0. The van der Waals surface area contributed by atoms with E-state index in [4.69, 9.17) is 14.2 Å². The molecular formula is C20H37IN4O3. The third-order valence-electron chi connectivity index (χ3n) is 4.39. The Morgan fingerprint density at radius 2 is 1.61 bits per heavy atom. The third-order valence-corrected chi connectivity index (χ3v) is 4.39. The minimum Gasteiger partial charge on any atom is -0.493 e. The van der Waals surface area contributed by atoms with Crippen LogP contribution in [0.1, 0.15) is 25.8 Å². The first-order valence-electron chi connectivity index (χ1n) is 9.26. The van der Waals surface area contributed by atoms with Gasteiger partial charge in [-0.1, -0.05) is 13.8 Å². The second-order valence-corrected chi connectivity index (χ2v) is 7.09. The predicted octanol–water partition coefficient (Wildman–Crippen LogP) is 2.97. The molecule has 0 saturated carbocycles. The fourth-order valence-corrected chi connectivity index (χ4v) is 2.88. The average molecular weight is 508 g/mol. The van der Waals surface area contributed by atoms with Gasteiger partial charge in [0.1, 0.15) is 0 Å². The van der Waals surface area contributed by atoms with Crippen molar-refractivity contribution in [2.45, 2.75) is 32.9 Å². The minimum atomic E-state index is 0. The second-order valence-electron chi connectivity index (χ2n) is 7.09. The van der Waals surface area contributed by atoms with Crippen LogP contribution in [-0.4, -0.2) is 65.9 Å². The molecule has 1 atom stereocenters. The van der Waals surface area contributed by atoms with E-state index in [-0.39, 0.29) is 24.0 Å². The number of ether oxygens (including phenoxy) is 3. The van der Waals surface area contributed by atoms with Crippen molar-refractivity contribution in [2.24, 2.45) is 10.9 Å². The maximum atomic E-state index is 5.41. The molecule has 1 aromatic rings. The van der Waals surface area contributed by atoms with Crippen LogP contribution in [0.25, 0.3) is 0 Å². The quantitative estimate of drug-likeness (QED) is 0.288. The van der Waals surface area contributed by atoms with E-state index in [0.717, 1.165) is 24.5 Å². The van der Waals surface area contributed by atoms with Crippen molar-refractivity contribution in [3.63, 3.8) is 0 Å². The summed E-state index contributed by atoms with van der Waals surface area (Å²) in [7, 11) is 10.8. The van der Waals surface area contributed by atoms with E-state index >= 15 is 0 Å². The zero-order valence-corrected chi connectivity index (χ0v) is 20.8. The summed E-state index contributed by atoms with van der Waals surface area (Å²) >= 11 is 0. The fourth-order valence-electron chi connectivity index (χ4n) is 2.88. The third kappa shape index (κ3) is 8.30. The van der Waals surface area contributed by atoms with Gasteiger partial charge in [0.25, 0.3) is 0 Å². The van der Waals surface area contributed by atoms with Crippen LogP contribution in [-0.2, 0) is 6.54 Å². The van der Waals surface area contributed by atoms with E-state index in [1.54, 1.807) is 28.4 Å². The fraction of sp³-hybridized carbons (Fsp3) is 0.650. The molecule has 2 N–H and O–H groups in total. The number of rotatable bonds is 10. The van der Waals surface area contributed by atoms with Crippen molar-refractivity contribution >= 4 is 29.9 Å². The Morgan fingerprint density at radius 1 is 1.04 bits per heavy atom. The predicted molar refractivity (Wildman–Crippen MR) is 127 cm³/mol. The van der Waals surface area contributed by atoms with Crippen molar-refractivity contribution < 1.29 is 14.2 Å². The van der Waals surface area contributed by atoms with Gasteiger partial charge in [0.2, 0.25) is 5.75 Å². The molecular weight excluding hydrogens is 471 g/mol. The van der Waals surface area contributed by atoms with Crippen molar-refractivity contribution in [2.75, 3.05) is 49.0 Å². The first kappa shape index (κ1) is 26.6. The van der Waals surface area contributed by atoms with Gasteiger partial charge in [-0.3, -0.25) is 4.99 Å². The minimum absolute atomic E-state index is 0. The Hall–Kier alpha value is -1.42. The maximum absolute atomic E-state index is 5.41. The lowest BCUT2D eigenvalue weighted by Crippen LogP contribution is -2.45. The average Bonchev–Trinajstić information content (AvgIpc) is 2.65. The van der Waals surface area contributed by atoms with Gasteiger partial charge in [0, 0.05) is 26.2 Å². The topological polar surface area (TPSA) is 67.4 Å². The molecule has 0 radical (unpaired) electrons. The highest BCUT2D eigenvalue weighted by atomic mass is 127. The molecule has 0 fully saturated rings. The van der Waals surface area contributed by atoms with E-state index in [9.17, 15) is 0 Å². The highest BCUT2D eigenvalue weighted by Crippen LogP contribution is 2.38. The molecule has 8 heteroatoms. The van der Waals surface area contributed by atoms with Gasteiger partial charge in [-0.25, -0.2) is 0 Å². The maximum Gasteiger partial charge on any atom is 0.203 e. The molecule has 7 nitrogen and oxygen atoms in total. The van der Waals surface area contributed by atoms with Crippen LogP contribution in [0.5, 0.6) is 17.2 Å². The highest BCUT2D eigenvalue weighted by molar-refractivity contribution is 14.0. The lowest BCUT2D eigenvalue weighted by Gasteiger charge is -2.27. The van der Waals surface area contributed by atoms with Crippen LogP contribution < -0.4 is 24.8 Å². The molecule has 1 unspecified atom stereocenters. The number of likely N-dealkylation sites (N-methyl/N-ethyl adjacent to an activating group) is 1. The number of benzene rings is 1. The number of hydrogen-bond donors (Lipinski definition) is 2. The highest BCUT2D eigenvalue weighted by Gasteiger charge is 2.15. The summed E-state index contributed by atoms with van der Waals surface area (Å²) in [6.07, 6.45) is 1.13. The Labute approximate surface area is 187 Å². The summed E-state index contributed by atoms with van der Waals surface area (Å²) < 4.78 is 16.2. The molecule has 0 saturated heterocycles. The zero-order valence-electron chi connectivity index (χ0n) is 18.5. The summed E-state index contributed by atoms with van der Waals surface area (Å²) in [5.74, 6) is 3.28. The van der Waals surface area contributed by atoms with Gasteiger partial charge in [-0.15, -0.1) is 24.0 Å². The van der Waals surface area contributed by atoms with Crippen LogP contribution in [0.4, 0.5) is 0 Å². The van der Waals surface area contributed by atoms with Crippen LogP contribution in [0.3, 0.4) is 0 Å². The molecule has 0 amide bonds. The number of nitrogens with zero attached hydrogens (tertiary/aromatic N) is 2. The Morgan fingerprint density at radius 3 is 2.00 bits per heavy atom. The smallest absolute Gasteiger partial charge is 0.203 e. The molecule has 0 aromatic heterocycles. The van der Waals surface area contributed by atoms with Crippen molar-refractivity contribution in [1.82, 2.24) is 15.5 Å². The standard InChI is InChI=1S/C20H36N4O3.HI/c1-14(2)9-16(24(4)5)13-23-20(21-3)22-12-15-10-17(25-6)19(27-8)18(11-15)26-7;/h10-11,14,16H,9,12-13H2,1-8H3,(H2,21,22,23);1H. The normalized spacial score (nSPS) is 12.4. The van der Waals surface area contributed by atoms with Crippen molar-refractivity contribution in [3.8, 4) is 17.2 Å². The van der Waals surface area contributed by atoms with Gasteiger partial charge < -0.3 is 29.7 Å². The molecule has 0 spiro atoms. The van der Waals surface area contributed by atoms with Crippen LogP contribution in [0.15, 0.2) is 17.1 Å². The summed E-state index contributed by atoms with van der Waals surface area (Å²) in [5, 5.41) is 6.76. The molecule has 0 heterocycles. The van der Waals surface area contributed by atoms with Crippen LogP contribution in [0, 0.1) is 5.92 Å². The summed E-state index contributed by atoms with van der Waals surface area (Å²) in [6, 6.07) is 4.32. The summed E-state index contributed by atoms with van der Waals surface area (Å²) in [6.45, 7) is 5.91. The molecule has 0 aliphatic rings. The Balaban J connectivity index is 0.00000729. The number of hydrogen-bond acceptors (Lipinski definition) is 5. The van der Waals surface area contributed by atoms with Gasteiger partial charge in [0.15, 0.2) is 17.5 Å². The molecule has 0 aliphatic carbocycles. The van der Waals surface area contributed by atoms with Gasteiger partial charge in [-0.05, 0) is 44.1 Å². The van der Waals surface area contributed by atoms with E-state index in [1.807, 2.05) is 12.1 Å². The molecule has 1 rings (SSSR count). The second kappa shape index (κ2) is 13.7. The van der Waals surface area contributed by atoms with Gasteiger partial charge >= 0.3 is 0 Å². The molecule has 162 valence electrons. The molecule has 28 heavy (non-hydrogen) atoms. The van der Waals surface area contributed by atoms with Crippen molar-refractivity contribution in [3.05, 3.63) is 17.7 Å². The summed E-state index contributed by atoms with van der Waals surface area (Å²) in [5.41, 5.74) is 1.01. The van der Waals surface area contributed by atoms with Gasteiger partial charge in [0.05, 0.1) is 21.3 Å². The van der Waals surface area contributed by atoms with E-state index in [2.05, 4.69) is 48.5 Å². The molecule has 0 bridgehead atoms. The number of guanidine groups is 1.